The second-order valence-electron chi connectivity index (χ2n) is 5.40. The SMILES string of the molecule is CCC(C)[C@@H](NC(=O)NC(C)CC1CC1)C(=O)O. The summed E-state index contributed by atoms with van der Waals surface area (Å²) in [4.78, 5) is 22.8. The third-order valence-electron chi connectivity index (χ3n) is 3.53. The molecule has 0 radical (unpaired) electrons. The summed E-state index contributed by atoms with van der Waals surface area (Å²) >= 11 is 0. The van der Waals surface area contributed by atoms with Gasteiger partial charge in [-0.25, -0.2) is 9.59 Å². The number of carboxylic acid groups (broad SMARTS) is 1. The predicted molar refractivity (Wildman–Crippen MR) is 69.3 cm³/mol. The lowest BCUT2D eigenvalue weighted by Crippen LogP contribution is -2.51. The molecule has 1 aliphatic rings. The standard InChI is InChI=1S/C13H24N2O3/c1-4-8(2)11(12(16)17)15-13(18)14-9(3)7-10-5-6-10/h8-11H,4-7H2,1-3H3,(H,16,17)(H2,14,15,18)/t8?,9?,11-/m1/s1. The van der Waals surface area contributed by atoms with Gasteiger partial charge in [0.15, 0.2) is 0 Å². The van der Waals surface area contributed by atoms with Crippen LogP contribution in [0, 0.1) is 11.8 Å². The Bertz CT molecular complexity index is 303. The minimum absolute atomic E-state index is 0.0769. The molecule has 1 fully saturated rings. The van der Waals surface area contributed by atoms with Crippen molar-refractivity contribution in [2.45, 2.75) is 58.5 Å². The lowest BCUT2D eigenvalue weighted by atomic mass is 9.99. The van der Waals surface area contributed by atoms with Gasteiger partial charge < -0.3 is 15.7 Å². The summed E-state index contributed by atoms with van der Waals surface area (Å²) in [7, 11) is 0. The van der Waals surface area contributed by atoms with Crippen LogP contribution >= 0.6 is 0 Å². The largest absolute Gasteiger partial charge is 0.480 e. The Hall–Kier alpha value is -1.26. The van der Waals surface area contributed by atoms with Crippen molar-refractivity contribution in [1.82, 2.24) is 10.6 Å². The molecule has 0 aliphatic heterocycles. The number of carbonyl (C=O) groups excluding carboxylic acids is 1. The summed E-state index contributed by atoms with van der Waals surface area (Å²) < 4.78 is 0. The molecule has 104 valence electrons. The van der Waals surface area contributed by atoms with Crippen LogP contribution < -0.4 is 10.6 Å². The third kappa shape index (κ3) is 4.94. The number of carbonyl (C=O) groups is 2. The molecule has 3 atom stereocenters. The van der Waals surface area contributed by atoms with E-state index in [0.29, 0.717) is 0 Å². The van der Waals surface area contributed by atoms with Crippen molar-refractivity contribution in [2.24, 2.45) is 11.8 Å². The van der Waals surface area contributed by atoms with Crippen molar-refractivity contribution in [3.8, 4) is 0 Å². The number of amides is 2. The fraction of sp³-hybridized carbons (Fsp3) is 0.846. The van der Waals surface area contributed by atoms with Crippen molar-refractivity contribution in [3.63, 3.8) is 0 Å². The number of aliphatic carboxylic acids is 1. The van der Waals surface area contributed by atoms with Gasteiger partial charge in [0.05, 0.1) is 0 Å². The van der Waals surface area contributed by atoms with Crippen LogP contribution in [0.5, 0.6) is 0 Å². The first kappa shape index (κ1) is 14.8. The Morgan fingerprint density at radius 2 is 1.89 bits per heavy atom. The van der Waals surface area contributed by atoms with Gasteiger partial charge in [-0.15, -0.1) is 0 Å². The molecular formula is C13H24N2O3. The Labute approximate surface area is 108 Å². The minimum atomic E-state index is -0.977. The highest BCUT2D eigenvalue weighted by Crippen LogP contribution is 2.33. The fourth-order valence-corrected chi connectivity index (χ4v) is 2.00. The van der Waals surface area contributed by atoms with Crippen molar-refractivity contribution in [3.05, 3.63) is 0 Å². The van der Waals surface area contributed by atoms with Gasteiger partial charge in [-0.1, -0.05) is 33.1 Å². The molecule has 2 amide bonds. The van der Waals surface area contributed by atoms with Crippen molar-refractivity contribution < 1.29 is 14.7 Å². The average Bonchev–Trinajstić information content (AvgIpc) is 3.08. The van der Waals surface area contributed by atoms with E-state index < -0.39 is 12.0 Å². The molecule has 0 saturated heterocycles. The zero-order chi connectivity index (χ0) is 13.7. The highest BCUT2D eigenvalue weighted by Gasteiger charge is 2.27. The number of rotatable bonds is 7. The molecule has 1 saturated carbocycles. The van der Waals surface area contributed by atoms with Gasteiger partial charge in [0.2, 0.25) is 0 Å². The molecule has 0 aromatic carbocycles. The molecule has 1 rings (SSSR count). The van der Waals surface area contributed by atoms with E-state index in [1.165, 1.54) is 12.8 Å². The van der Waals surface area contributed by atoms with E-state index in [0.717, 1.165) is 18.8 Å². The highest BCUT2D eigenvalue weighted by atomic mass is 16.4. The Kier molecular flexibility index (Phi) is 5.44. The lowest BCUT2D eigenvalue weighted by Gasteiger charge is -2.22. The molecule has 18 heavy (non-hydrogen) atoms. The van der Waals surface area contributed by atoms with Crippen LogP contribution in [0.4, 0.5) is 4.79 Å². The van der Waals surface area contributed by atoms with E-state index in [2.05, 4.69) is 10.6 Å². The molecule has 3 N–H and O–H groups in total. The summed E-state index contributed by atoms with van der Waals surface area (Å²) in [5.74, 6) is -0.313. The summed E-state index contributed by atoms with van der Waals surface area (Å²) in [6.45, 7) is 5.69. The monoisotopic (exact) mass is 256 g/mol. The van der Waals surface area contributed by atoms with Gasteiger partial charge in [0, 0.05) is 6.04 Å². The van der Waals surface area contributed by atoms with E-state index in [-0.39, 0.29) is 18.0 Å². The van der Waals surface area contributed by atoms with E-state index in [9.17, 15) is 9.59 Å². The van der Waals surface area contributed by atoms with E-state index in [1.807, 2.05) is 20.8 Å². The van der Waals surface area contributed by atoms with E-state index in [4.69, 9.17) is 5.11 Å². The third-order valence-corrected chi connectivity index (χ3v) is 3.53. The van der Waals surface area contributed by atoms with Crippen LogP contribution in [-0.4, -0.2) is 29.2 Å². The topological polar surface area (TPSA) is 78.4 Å². The normalized spacial score (nSPS) is 19.7. The molecule has 2 unspecified atom stereocenters. The molecule has 0 aromatic heterocycles. The van der Waals surface area contributed by atoms with Gasteiger partial charge in [-0.3, -0.25) is 0 Å². The zero-order valence-corrected chi connectivity index (χ0v) is 11.4. The number of carboxylic acids is 1. The molecule has 0 bridgehead atoms. The van der Waals surface area contributed by atoms with Crippen LogP contribution in [0.2, 0.25) is 0 Å². The van der Waals surface area contributed by atoms with Crippen LogP contribution in [0.1, 0.15) is 46.5 Å². The van der Waals surface area contributed by atoms with Crippen molar-refractivity contribution in [2.75, 3.05) is 0 Å². The van der Waals surface area contributed by atoms with Crippen molar-refractivity contribution in [1.29, 1.82) is 0 Å². The van der Waals surface area contributed by atoms with Gasteiger partial charge in [0.25, 0.3) is 0 Å². The van der Waals surface area contributed by atoms with Crippen LogP contribution in [-0.2, 0) is 4.79 Å². The second-order valence-corrected chi connectivity index (χ2v) is 5.40. The first-order chi connectivity index (χ1) is 8.43. The van der Waals surface area contributed by atoms with E-state index in [1.54, 1.807) is 0 Å². The minimum Gasteiger partial charge on any atom is -0.480 e. The number of nitrogens with one attached hydrogen (secondary N) is 2. The molecule has 0 aromatic rings. The highest BCUT2D eigenvalue weighted by molar-refractivity contribution is 5.82. The number of urea groups is 1. The van der Waals surface area contributed by atoms with Gasteiger partial charge in [0.1, 0.15) is 6.04 Å². The maximum absolute atomic E-state index is 11.7. The number of hydrogen-bond donors (Lipinski definition) is 3. The zero-order valence-electron chi connectivity index (χ0n) is 11.4. The summed E-state index contributed by atoms with van der Waals surface area (Å²) in [5.41, 5.74) is 0. The molecule has 5 nitrogen and oxygen atoms in total. The van der Waals surface area contributed by atoms with Gasteiger partial charge in [-0.05, 0) is 25.2 Å². The van der Waals surface area contributed by atoms with Crippen molar-refractivity contribution >= 4 is 12.0 Å². The quantitative estimate of drug-likeness (QED) is 0.651. The maximum atomic E-state index is 11.7. The Morgan fingerprint density at radius 3 is 2.33 bits per heavy atom. The first-order valence-corrected chi connectivity index (χ1v) is 6.73. The Morgan fingerprint density at radius 1 is 1.28 bits per heavy atom. The van der Waals surface area contributed by atoms with E-state index >= 15 is 0 Å². The summed E-state index contributed by atoms with van der Waals surface area (Å²) in [5, 5.41) is 14.4. The molecule has 1 aliphatic carbocycles. The van der Waals surface area contributed by atoms with Crippen LogP contribution in [0.3, 0.4) is 0 Å². The average molecular weight is 256 g/mol. The fourth-order valence-electron chi connectivity index (χ4n) is 2.00. The first-order valence-electron chi connectivity index (χ1n) is 6.73. The van der Waals surface area contributed by atoms with Crippen LogP contribution in [0.25, 0.3) is 0 Å². The van der Waals surface area contributed by atoms with Crippen LogP contribution in [0.15, 0.2) is 0 Å². The second kappa shape index (κ2) is 6.61. The molecule has 0 spiro atoms. The smallest absolute Gasteiger partial charge is 0.326 e. The van der Waals surface area contributed by atoms with Gasteiger partial charge >= 0.3 is 12.0 Å². The predicted octanol–water partition coefficient (Wildman–Crippen LogP) is 1.97. The summed E-state index contributed by atoms with van der Waals surface area (Å²) in [6.07, 6.45) is 4.19. The molecule has 0 heterocycles. The van der Waals surface area contributed by atoms with Gasteiger partial charge in [-0.2, -0.15) is 0 Å². The Balaban J connectivity index is 2.37. The molecular weight excluding hydrogens is 232 g/mol. The molecule has 5 heteroatoms. The lowest BCUT2D eigenvalue weighted by molar-refractivity contribution is -0.140. The number of hydrogen-bond acceptors (Lipinski definition) is 2. The summed E-state index contributed by atoms with van der Waals surface area (Å²) in [6, 6.07) is -1.09. The maximum Gasteiger partial charge on any atom is 0.326 e.